The summed E-state index contributed by atoms with van der Waals surface area (Å²) in [7, 11) is -3.66. The number of rotatable bonds is 3. The zero-order chi connectivity index (χ0) is 18.3. The minimum Gasteiger partial charge on any atom is -0.218 e. The highest BCUT2D eigenvalue weighted by molar-refractivity contribution is 8.01. The molecular formula is C22H17ClO2S. The SMILES string of the molecule is Cc1ccc(C2=C(S(=O)(=O)c3ccc(Cl)cc3)c3ccccc3C2)cc1. The number of halogens is 1. The summed E-state index contributed by atoms with van der Waals surface area (Å²) in [5, 5.41) is 0.517. The van der Waals surface area contributed by atoms with E-state index in [1.165, 1.54) is 0 Å². The van der Waals surface area contributed by atoms with Gasteiger partial charge in [-0.1, -0.05) is 65.7 Å². The Morgan fingerprint density at radius 2 is 1.50 bits per heavy atom. The molecule has 4 rings (SSSR count). The van der Waals surface area contributed by atoms with Gasteiger partial charge < -0.3 is 0 Å². The van der Waals surface area contributed by atoms with Crippen LogP contribution in [0.5, 0.6) is 0 Å². The molecule has 0 heterocycles. The van der Waals surface area contributed by atoms with Crippen molar-refractivity contribution in [2.75, 3.05) is 0 Å². The van der Waals surface area contributed by atoms with E-state index >= 15 is 0 Å². The molecule has 0 bridgehead atoms. The van der Waals surface area contributed by atoms with Crippen molar-refractivity contribution in [3.8, 4) is 0 Å². The first kappa shape index (κ1) is 17.1. The van der Waals surface area contributed by atoms with Gasteiger partial charge in [-0.25, -0.2) is 8.42 Å². The third-order valence-electron chi connectivity index (χ3n) is 4.70. The van der Waals surface area contributed by atoms with Crippen LogP contribution in [-0.2, 0) is 16.3 Å². The summed E-state index contributed by atoms with van der Waals surface area (Å²) in [5.74, 6) is 0. The second-order valence-electron chi connectivity index (χ2n) is 6.46. The molecule has 0 aliphatic heterocycles. The molecule has 26 heavy (non-hydrogen) atoms. The van der Waals surface area contributed by atoms with E-state index < -0.39 is 9.84 Å². The van der Waals surface area contributed by atoms with Crippen LogP contribution < -0.4 is 0 Å². The Labute approximate surface area is 158 Å². The van der Waals surface area contributed by atoms with E-state index in [1.54, 1.807) is 24.3 Å². The van der Waals surface area contributed by atoms with Gasteiger partial charge in [0, 0.05) is 5.02 Å². The second-order valence-corrected chi connectivity index (χ2v) is 8.79. The van der Waals surface area contributed by atoms with Crippen LogP contribution in [0.15, 0.2) is 77.7 Å². The normalized spacial score (nSPS) is 13.8. The number of allylic oxidation sites excluding steroid dienone is 1. The lowest BCUT2D eigenvalue weighted by molar-refractivity contribution is 0.606. The summed E-state index contributed by atoms with van der Waals surface area (Å²) in [5.41, 5.74) is 4.76. The molecule has 0 N–H and O–H groups in total. The highest BCUT2D eigenvalue weighted by Gasteiger charge is 2.32. The first-order valence-corrected chi connectivity index (χ1v) is 10.2. The van der Waals surface area contributed by atoms with Crippen molar-refractivity contribution in [2.24, 2.45) is 0 Å². The summed E-state index contributed by atoms with van der Waals surface area (Å²) in [4.78, 5) is 0.664. The highest BCUT2D eigenvalue weighted by atomic mass is 35.5. The van der Waals surface area contributed by atoms with Gasteiger partial charge in [-0.05, 0) is 59.9 Å². The average Bonchev–Trinajstić information content (AvgIpc) is 3.03. The summed E-state index contributed by atoms with van der Waals surface area (Å²) in [6.45, 7) is 2.02. The van der Waals surface area contributed by atoms with E-state index in [0.29, 0.717) is 16.3 Å². The van der Waals surface area contributed by atoms with Gasteiger partial charge in [0.15, 0.2) is 0 Å². The predicted octanol–water partition coefficient (Wildman–Crippen LogP) is 5.55. The Balaban J connectivity index is 1.96. The molecule has 130 valence electrons. The highest BCUT2D eigenvalue weighted by Crippen LogP contribution is 2.43. The average molecular weight is 381 g/mol. The molecule has 1 aliphatic carbocycles. The Morgan fingerprint density at radius 1 is 0.846 bits per heavy atom. The quantitative estimate of drug-likeness (QED) is 0.597. The van der Waals surface area contributed by atoms with Crippen LogP contribution >= 0.6 is 11.6 Å². The molecule has 0 radical (unpaired) electrons. The molecular weight excluding hydrogens is 364 g/mol. The van der Waals surface area contributed by atoms with Gasteiger partial charge in [-0.15, -0.1) is 0 Å². The molecule has 0 fully saturated rings. The molecule has 0 aromatic heterocycles. The number of sulfone groups is 1. The van der Waals surface area contributed by atoms with Gasteiger partial charge in [-0.2, -0.15) is 0 Å². The van der Waals surface area contributed by atoms with Crippen LogP contribution in [0.1, 0.15) is 22.3 Å². The first-order chi connectivity index (χ1) is 12.5. The van der Waals surface area contributed by atoms with Crippen LogP contribution in [0.25, 0.3) is 10.5 Å². The Bertz CT molecular complexity index is 1110. The van der Waals surface area contributed by atoms with Crippen molar-refractivity contribution in [2.45, 2.75) is 18.2 Å². The molecule has 2 nitrogen and oxygen atoms in total. The number of hydrogen-bond donors (Lipinski definition) is 0. The lowest BCUT2D eigenvalue weighted by Crippen LogP contribution is -2.04. The van der Waals surface area contributed by atoms with Gasteiger partial charge in [0.25, 0.3) is 0 Å². The van der Waals surface area contributed by atoms with Crippen LogP contribution in [0.2, 0.25) is 5.02 Å². The number of hydrogen-bond acceptors (Lipinski definition) is 2. The predicted molar refractivity (Wildman–Crippen MR) is 107 cm³/mol. The van der Waals surface area contributed by atoms with E-state index in [9.17, 15) is 8.42 Å². The zero-order valence-electron chi connectivity index (χ0n) is 14.2. The Hall–Kier alpha value is -2.36. The minimum atomic E-state index is -3.66. The molecule has 3 aromatic carbocycles. The number of benzene rings is 3. The fraction of sp³-hybridized carbons (Fsp3) is 0.0909. The molecule has 0 saturated carbocycles. The third kappa shape index (κ3) is 2.87. The van der Waals surface area contributed by atoms with Crippen LogP contribution in [-0.4, -0.2) is 8.42 Å². The fourth-order valence-electron chi connectivity index (χ4n) is 3.36. The Morgan fingerprint density at radius 3 is 2.19 bits per heavy atom. The van der Waals surface area contributed by atoms with Gasteiger partial charge in [0.05, 0.1) is 9.80 Å². The molecule has 0 atom stereocenters. The standard InChI is InChI=1S/C22H17ClO2S/c1-15-6-8-16(9-7-15)21-14-17-4-2-3-5-20(17)22(21)26(24,25)19-12-10-18(23)11-13-19/h2-13H,14H2,1H3. The van der Waals surface area contributed by atoms with E-state index in [-0.39, 0.29) is 4.90 Å². The molecule has 0 saturated heterocycles. The van der Waals surface area contributed by atoms with Crippen molar-refractivity contribution >= 4 is 31.9 Å². The van der Waals surface area contributed by atoms with Gasteiger partial charge >= 0.3 is 0 Å². The van der Waals surface area contributed by atoms with Crippen LogP contribution in [0.4, 0.5) is 0 Å². The van der Waals surface area contributed by atoms with E-state index in [2.05, 4.69) is 0 Å². The third-order valence-corrected chi connectivity index (χ3v) is 6.84. The first-order valence-electron chi connectivity index (χ1n) is 8.36. The van der Waals surface area contributed by atoms with E-state index in [4.69, 9.17) is 11.6 Å². The van der Waals surface area contributed by atoms with Crippen molar-refractivity contribution in [1.29, 1.82) is 0 Å². The molecule has 0 unspecified atom stereocenters. The molecule has 0 amide bonds. The lowest BCUT2D eigenvalue weighted by Gasteiger charge is -2.11. The maximum absolute atomic E-state index is 13.5. The van der Waals surface area contributed by atoms with Crippen molar-refractivity contribution < 1.29 is 8.42 Å². The van der Waals surface area contributed by atoms with Crippen LogP contribution in [0.3, 0.4) is 0 Å². The van der Waals surface area contributed by atoms with Crippen molar-refractivity contribution in [3.05, 3.63) is 100 Å². The minimum absolute atomic E-state index is 0.262. The molecule has 4 heteroatoms. The van der Waals surface area contributed by atoms with Crippen molar-refractivity contribution in [1.82, 2.24) is 0 Å². The summed E-state index contributed by atoms with van der Waals surface area (Å²) in [6, 6.07) is 22.1. The van der Waals surface area contributed by atoms with Gasteiger partial charge in [-0.3, -0.25) is 0 Å². The van der Waals surface area contributed by atoms with Gasteiger partial charge in [0.1, 0.15) is 0 Å². The Kier molecular flexibility index (Phi) is 4.22. The molecule has 0 spiro atoms. The van der Waals surface area contributed by atoms with Crippen molar-refractivity contribution in [3.63, 3.8) is 0 Å². The summed E-state index contributed by atoms with van der Waals surface area (Å²) < 4.78 is 26.9. The lowest BCUT2D eigenvalue weighted by atomic mass is 10.0. The largest absolute Gasteiger partial charge is 0.218 e. The smallest absolute Gasteiger partial charge is 0.207 e. The number of fused-ring (bicyclic) bond motifs is 1. The molecule has 1 aliphatic rings. The monoisotopic (exact) mass is 380 g/mol. The maximum Gasteiger partial charge on any atom is 0.207 e. The van der Waals surface area contributed by atoms with Gasteiger partial charge in [0.2, 0.25) is 9.84 Å². The topological polar surface area (TPSA) is 34.1 Å². The number of aryl methyl sites for hydroxylation is 1. The van der Waals surface area contributed by atoms with E-state index in [1.807, 2.05) is 55.5 Å². The maximum atomic E-state index is 13.5. The summed E-state index contributed by atoms with van der Waals surface area (Å²) in [6.07, 6.45) is 0.612. The zero-order valence-corrected chi connectivity index (χ0v) is 15.8. The van der Waals surface area contributed by atoms with Crippen LogP contribution in [0, 0.1) is 6.92 Å². The molecule has 3 aromatic rings. The second kappa shape index (κ2) is 6.42. The van der Waals surface area contributed by atoms with E-state index in [0.717, 1.165) is 27.8 Å². The fourth-order valence-corrected chi connectivity index (χ4v) is 5.21. The summed E-state index contributed by atoms with van der Waals surface area (Å²) >= 11 is 5.94.